The van der Waals surface area contributed by atoms with E-state index in [2.05, 4.69) is 14.8 Å². The Morgan fingerprint density at radius 3 is 2.86 bits per heavy atom. The summed E-state index contributed by atoms with van der Waals surface area (Å²) >= 11 is 0. The number of aryl methyl sites for hydroxylation is 1. The summed E-state index contributed by atoms with van der Waals surface area (Å²) in [6.45, 7) is 1.94. The standard InChI is InChI=1S/C17H21N3O/c1-13-7-9-18-12-16(13)17(21)11-14-8-10-20(19-14)15-5-3-2-4-6-15/h7-10,12,15H,2-6,11H2,1H3. The van der Waals surface area contributed by atoms with Gasteiger partial charge in [0.25, 0.3) is 0 Å². The summed E-state index contributed by atoms with van der Waals surface area (Å²) in [4.78, 5) is 16.4. The molecule has 0 bridgehead atoms. The predicted molar refractivity (Wildman–Crippen MR) is 81.4 cm³/mol. The summed E-state index contributed by atoms with van der Waals surface area (Å²) < 4.78 is 2.05. The molecule has 2 heterocycles. The topological polar surface area (TPSA) is 47.8 Å². The number of nitrogens with zero attached hydrogens (tertiary/aromatic N) is 3. The molecule has 0 aliphatic heterocycles. The van der Waals surface area contributed by atoms with E-state index in [9.17, 15) is 4.79 Å². The second kappa shape index (κ2) is 6.20. The van der Waals surface area contributed by atoms with Crippen LogP contribution in [0.2, 0.25) is 0 Å². The molecule has 4 nitrogen and oxygen atoms in total. The van der Waals surface area contributed by atoms with E-state index in [1.54, 1.807) is 12.4 Å². The average molecular weight is 283 g/mol. The van der Waals surface area contributed by atoms with E-state index in [1.165, 1.54) is 32.1 Å². The molecule has 1 fully saturated rings. The van der Waals surface area contributed by atoms with Crippen molar-refractivity contribution < 1.29 is 4.79 Å². The molecule has 0 N–H and O–H groups in total. The number of pyridine rings is 1. The largest absolute Gasteiger partial charge is 0.294 e. The highest BCUT2D eigenvalue weighted by atomic mass is 16.1. The van der Waals surface area contributed by atoms with Crippen LogP contribution in [0, 0.1) is 6.92 Å². The summed E-state index contributed by atoms with van der Waals surface area (Å²) in [7, 11) is 0. The summed E-state index contributed by atoms with van der Waals surface area (Å²) in [5.41, 5.74) is 2.53. The fourth-order valence-electron chi connectivity index (χ4n) is 3.04. The van der Waals surface area contributed by atoms with Crippen molar-refractivity contribution in [2.24, 2.45) is 0 Å². The van der Waals surface area contributed by atoms with Gasteiger partial charge in [-0.05, 0) is 37.5 Å². The lowest BCUT2D eigenvalue weighted by molar-refractivity contribution is 0.0990. The summed E-state index contributed by atoms with van der Waals surface area (Å²) in [5, 5.41) is 4.60. The highest BCUT2D eigenvalue weighted by Crippen LogP contribution is 2.27. The number of carbonyl (C=O) groups is 1. The van der Waals surface area contributed by atoms with E-state index in [0.717, 1.165) is 11.3 Å². The number of hydrogen-bond donors (Lipinski definition) is 0. The summed E-state index contributed by atoms with van der Waals surface area (Å²) in [6.07, 6.45) is 12.1. The van der Waals surface area contributed by atoms with E-state index in [4.69, 9.17) is 0 Å². The van der Waals surface area contributed by atoms with E-state index < -0.39 is 0 Å². The first-order chi connectivity index (χ1) is 10.2. The minimum Gasteiger partial charge on any atom is -0.294 e. The molecule has 3 rings (SSSR count). The van der Waals surface area contributed by atoms with Crippen LogP contribution in [0.1, 0.15) is 59.8 Å². The number of ketones is 1. The zero-order valence-electron chi connectivity index (χ0n) is 12.5. The number of hydrogen-bond acceptors (Lipinski definition) is 3. The molecular formula is C17H21N3O. The molecule has 2 aromatic heterocycles. The summed E-state index contributed by atoms with van der Waals surface area (Å²) in [5.74, 6) is 0.0921. The van der Waals surface area contributed by atoms with Gasteiger partial charge in [0.1, 0.15) is 0 Å². The van der Waals surface area contributed by atoms with Crippen LogP contribution in [0.25, 0.3) is 0 Å². The molecule has 0 unspecified atom stereocenters. The highest BCUT2D eigenvalue weighted by molar-refractivity contribution is 5.98. The first-order valence-electron chi connectivity index (χ1n) is 7.72. The monoisotopic (exact) mass is 283 g/mol. The van der Waals surface area contributed by atoms with Crippen LogP contribution < -0.4 is 0 Å². The molecular weight excluding hydrogens is 262 g/mol. The van der Waals surface area contributed by atoms with Crippen LogP contribution in [0.3, 0.4) is 0 Å². The lowest BCUT2D eigenvalue weighted by Crippen LogP contribution is -2.14. The Labute approximate surface area is 125 Å². The van der Waals surface area contributed by atoms with Gasteiger partial charge in [-0.15, -0.1) is 0 Å². The Hall–Kier alpha value is -1.97. The average Bonchev–Trinajstić information content (AvgIpc) is 2.97. The normalized spacial score (nSPS) is 16.0. The molecule has 1 aliphatic rings. The van der Waals surface area contributed by atoms with Gasteiger partial charge in [0.05, 0.1) is 18.2 Å². The minimum absolute atomic E-state index is 0.0921. The van der Waals surface area contributed by atoms with Crippen LogP contribution in [0.15, 0.2) is 30.7 Å². The maximum absolute atomic E-state index is 12.3. The maximum atomic E-state index is 12.3. The SMILES string of the molecule is Cc1ccncc1C(=O)Cc1ccn(C2CCCCC2)n1. The number of Topliss-reactive ketones (excluding diaryl/α,β-unsaturated/α-hetero) is 1. The number of aromatic nitrogens is 3. The lowest BCUT2D eigenvalue weighted by atomic mass is 9.96. The van der Waals surface area contributed by atoms with E-state index in [0.29, 0.717) is 18.0 Å². The Kier molecular flexibility index (Phi) is 4.13. The molecule has 0 amide bonds. The third kappa shape index (κ3) is 3.20. The van der Waals surface area contributed by atoms with Gasteiger partial charge in [-0.2, -0.15) is 5.10 Å². The maximum Gasteiger partial charge on any atom is 0.170 e. The molecule has 0 radical (unpaired) electrons. The van der Waals surface area contributed by atoms with Crippen molar-refractivity contribution in [3.63, 3.8) is 0 Å². The zero-order valence-corrected chi connectivity index (χ0v) is 12.5. The lowest BCUT2D eigenvalue weighted by Gasteiger charge is -2.21. The first kappa shape index (κ1) is 14.0. The van der Waals surface area contributed by atoms with Gasteiger partial charge in [0.2, 0.25) is 0 Å². The number of carbonyl (C=O) groups excluding carboxylic acids is 1. The molecule has 21 heavy (non-hydrogen) atoms. The van der Waals surface area contributed by atoms with Crippen LogP contribution >= 0.6 is 0 Å². The molecule has 0 spiro atoms. The predicted octanol–water partition coefficient (Wildman–Crippen LogP) is 3.52. The van der Waals surface area contributed by atoms with Gasteiger partial charge in [-0.3, -0.25) is 14.5 Å². The van der Waals surface area contributed by atoms with Crippen molar-refractivity contribution in [2.45, 2.75) is 51.5 Å². The Balaban J connectivity index is 1.69. The van der Waals surface area contributed by atoms with Gasteiger partial charge >= 0.3 is 0 Å². The van der Waals surface area contributed by atoms with Crippen LogP contribution in [-0.2, 0) is 6.42 Å². The van der Waals surface area contributed by atoms with Crippen LogP contribution in [-0.4, -0.2) is 20.5 Å². The van der Waals surface area contributed by atoms with Gasteiger partial charge in [-0.25, -0.2) is 0 Å². The van der Waals surface area contributed by atoms with Crippen molar-refractivity contribution in [2.75, 3.05) is 0 Å². The van der Waals surface area contributed by atoms with Gasteiger partial charge < -0.3 is 0 Å². The fraction of sp³-hybridized carbons (Fsp3) is 0.471. The Bertz CT molecular complexity index is 626. The van der Waals surface area contributed by atoms with Gasteiger partial charge in [0, 0.05) is 24.2 Å². The van der Waals surface area contributed by atoms with E-state index in [-0.39, 0.29) is 5.78 Å². The first-order valence-corrected chi connectivity index (χ1v) is 7.72. The molecule has 110 valence electrons. The van der Waals surface area contributed by atoms with Crippen molar-refractivity contribution in [1.29, 1.82) is 0 Å². The smallest absolute Gasteiger partial charge is 0.170 e. The van der Waals surface area contributed by atoms with Crippen molar-refractivity contribution in [3.8, 4) is 0 Å². The Morgan fingerprint density at radius 2 is 2.10 bits per heavy atom. The zero-order chi connectivity index (χ0) is 14.7. The molecule has 4 heteroatoms. The third-order valence-electron chi connectivity index (χ3n) is 4.29. The van der Waals surface area contributed by atoms with Gasteiger partial charge in [0.15, 0.2) is 5.78 Å². The van der Waals surface area contributed by atoms with Gasteiger partial charge in [-0.1, -0.05) is 19.3 Å². The molecule has 1 saturated carbocycles. The molecule has 0 saturated heterocycles. The molecule has 2 aromatic rings. The summed E-state index contributed by atoms with van der Waals surface area (Å²) in [6, 6.07) is 4.36. The van der Waals surface area contributed by atoms with E-state index in [1.807, 2.05) is 25.3 Å². The quantitative estimate of drug-likeness (QED) is 0.807. The highest BCUT2D eigenvalue weighted by Gasteiger charge is 2.17. The van der Waals surface area contributed by atoms with Crippen molar-refractivity contribution >= 4 is 5.78 Å². The molecule has 0 atom stereocenters. The third-order valence-corrected chi connectivity index (χ3v) is 4.29. The second-order valence-electron chi connectivity index (χ2n) is 5.87. The fourth-order valence-corrected chi connectivity index (χ4v) is 3.04. The second-order valence-corrected chi connectivity index (χ2v) is 5.87. The number of rotatable bonds is 4. The van der Waals surface area contributed by atoms with Crippen LogP contribution in [0.4, 0.5) is 0 Å². The van der Waals surface area contributed by atoms with Crippen molar-refractivity contribution in [1.82, 2.24) is 14.8 Å². The van der Waals surface area contributed by atoms with E-state index >= 15 is 0 Å². The minimum atomic E-state index is 0.0921. The molecule has 1 aliphatic carbocycles. The molecule has 0 aromatic carbocycles. The van der Waals surface area contributed by atoms with Crippen LogP contribution in [0.5, 0.6) is 0 Å². The van der Waals surface area contributed by atoms with Crippen molar-refractivity contribution in [3.05, 3.63) is 47.5 Å². The Morgan fingerprint density at radius 1 is 1.29 bits per heavy atom.